The third kappa shape index (κ3) is 4.55. The molecule has 2 atom stereocenters. The molecular weight excluding hydrogens is 465 g/mol. The lowest BCUT2D eigenvalue weighted by atomic mass is 9.99. The number of carbonyl (C=O) groups is 3. The number of carboxylic acids is 1. The number of aromatic nitrogens is 1. The van der Waals surface area contributed by atoms with Gasteiger partial charge in [0.2, 0.25) is 5.91 Å². The summed E-state index contributed by atoms with van der Waals surface area (Å²) in [7, 11) is 0. The van der Waals surface area contributed by atoms with Crippen molar-refractivity contribution in [3.63, 3.8) is 0 Å². The Bertz CT molecular complexity index is 1250. The molecule has 1 aliphatic rings. The molecule has 2 amide bonds. The van der Waals surface area contributed by atoms with E-state index in [1.165, 1.54) is 23.1 Å². The van der Waals surface area contributed by atoms with Gasteiger partial charge in [-0.2, -0.15) is 0 Å². The standard InChI is InChI=1S/C24H19Cl2N3O4/c1-13(14-5-7-17(24(32)33)19(26)10-14)29-21(12-16-4-2-3-9-27-16)22(30)28-20-11-15(25)6-8-18(20)23(29)31/h2-11,13,21H,12H2,1H3,(H,28,30)(H,32,33). The molecule has 4 rings (SSSR count). The van der Waals surface area contributed by atoms with E-state index >= 15 is 0 Å². The molecule has 0 aliphatic carbocycles. The average molecular weight is 484 g/mol. The number of nitrogens with one attached hydrogen (secondary N) is 1. The summed E-state index contributed by atoms with van der Waals surface area (Å²) in [5, 5.41) is 12.5. The lowest BCUT2D eigenvalue weighted by Crippen LogP contribution is -2.47. The largest absolute Gasteiger partial charge is 0.478 e. The van der Waals surface area contributed by atoms with Gasteiger partial charge in [-0.1, -0.05) is 35.3 Å². The van der Waals surface area contributed by atoms with Crippen LogP contribution in [0.25, 0.3) is 0 Å². The first-order chi connectivity index (χ1) is 15.8. The summed E-state index contributed by atoms with van der Waals surface area (Å²) in [4.78, 5) is 44.2. The van der Waals surface area contributed by atoms with E-state index in [-0.39, 0.29) is 28.8 Å². The van der Waals surface area contributed by atoms with Crippen LogP contribution in [0, 0.1) is 0 Å². The summed E-state index contributed by atoms with van der Waals surface area (Å²) in [5.74, 6) is -1.90. The Morgan fingerprint density at radius 1 is 1.15 bits per heavy atom. The monoisotopic (exact) mass is 483 g/mol. The van der Waals surface area contributed by atoms with Crippen molar-refractivity contribution < 1.29 is 19.5 Å². The fraction of sp³-hybridized carbons (Fsp3) is 0.167. The molecule has 3 aromatic rings. The summed E-state index contributed by atoms with van der Waals surface area (Å²) in [6.07, 6.45) is 1.81. The van der Waals surface area contributed by atoms with Gasteiger partial charge < -0.3 is 15.3 Å². The van der Waals surface area contributed by atoms with Crippen LogP contribution in [0.5, 0.6) is 0 Å². The van der Waals surface area contributed by atoms with E-state index in [1.54, 1.807) is 43.5 Å². The maximum absolute atomic E-state index is 13.7. The van der Waals surface area contributed by atoms with Crippen LogP contribution in [0.15, 0.2) is 60.8 Å². The Labute approximate surface area is 200 Å². The highest BCUT2D eigenvalue weighted by Gasteiger charge is 2.39. The highest BCUT2D eigenvalue weighted by Crippen LogP contribution is 2.34. The molecule has 0 saturated heterocycles. The first-order valence-electron chi connectivity index (χ1n) is 10.1. The van der Waals surface area contributed by atoms with Crippen molar-refractivity contribution in [3.8, 4) is 0 Å². The number of nitrogens with zero attached hydrogens (tertiary/aromatic N) is 2. The second-order valence-corrected chi connectivity index (χ2v) is 8.50. The normalized spacial score (nSPS) is 16.6. The number of fused-ring (bicyclic) bond motifs is 1. The number of carboxylic acid groups (broad SMARTS) is 1. The molecule has 9 heteroatoms. The molecule has 1 aliphatic heterocycles. The third-order valence-electron chi connectivity index (χ3n) is 5.59. The minimum Gasteiger partial charge on any atom is -0.478 e. The van der Waals surface area contributed by atoms with Crippen molar-refractivity contribution >= 4 is 46.7 Å². The molecule has 2 heterocycles. The minimum absolute atomic E-state index is 0.0439. The number of hydrogen-bond donors (Lipinski definition) is 2. The van der Waals surface area contributed by atoms with Crippen molar-refractivity contribution in [2.45, 2.75) is 25.4 Å². The maximum Gasteiger partial charge on any atom is 0.337 e. The molecular formula is C24H19Cl2N3O4. The van der Waals surface area contributed by atoms with Crippen LogP contribution >= 0.6 is 23.2 Å². The van der Waals surface area contributed by atoms with E-state index in [1.807, 2.05) is 6.07 Å². The van der Waals surface area contributed by atoms with Crippen LogP contribution in [0.4, 0.5) is 5.69 Å². The molecule has 2 aromatic carbocycles. The highest BCUT2D eigenvalue weighted by atomic mass is 35.5. The summed E-state index contributed by atoms with van der Waals surface area (Å²) in [6, 6.07) is 13.1. The second-order valence-electron chi connectivity index (χ2n) is 7.65. The Morgan fingerprint density at radius 2 is 1.94 bits per heavy atom. The third-order valence-corrected chi connectivity index (χ3v) is 6.14. The van der Waals surface area contributed by atoms with Gasteiger partial charge in [-0.15, -0.1) is 0 Å². The molecule has 0 radical (unpaired) electrons. The summed E-state index contributed by atoms with van der Waals surface area (Å²) in [6.45, 7) is 1.77. The van der Waals surface area contributed by atoms with Gasteiger partial charge >= 0.3 is 5.97 Å². The van der Waals surface area contributed by atoms with Crippen LogP contribution < -0.4 is 5.32 Å². The minimum atomic E-state index is -1.15. The van der Waals surface area contributed by atoms with E-state index in [2.05, 4.69) is 10.3 Å². The predicted octanol–water partition coefficient (Wildman–Crippen LogP) is 4.85. The van der Waals surface area contributed by atoms with Gasteiger partial charge in [-0.05, 0) is 55.0 Å². The first-order valence-corrected chi connectivity index (χ1v) is 10.9. The fourth-order valence-electron chi connectivity index (χ4n) is 3.91. The van der Waals surface area contributed by atoms with Crippen molar-refractivity contribution in [2.75, 3.05) is 5.32 Å². The molecule has 168 valence electrons. The van der Waals surface area contributed by atoms with Gasteiger partial charge in [-0.3, -0.25) is 14.6 Å². The zero-order chi connectivity index (χ0) is 23.7. The Morgan fingerprint density at radius 3 is 2.61 bits per heavy atom. The molecule has 1 aromatic heterocycles. The Hall–Kier alpha value is -3.42. The second kappa shape index (κ2) is 9.21. The van der Waals surface area contributed by atoms with Crippen LogP contribution in [-0.2, 0) is 11.2 Å². The Balaban J connectivity index is 1.81. The molecule has 2 N–H and O–H groups in total. The number of aromatic carboxylic acids is 1. The van der Waals surface area contributed by atoms with Crippen LogP contribution in [0.2, 0.25) is 10.0 Å². The lowest BCUT2D eigenvalue weighted by molar-refractivity contribution is -0.121. The average Bonchev–Trinajstić information content (AvgIpc) is 2.87. The molecule has 33 heavy (non-hydrogen) atoms. The van der Waals surface area contributed by atoms with Gasteiger partial charge in [0.25, 0.3) is 5.91 Å². The molecule has 0 bridgehead atoms. The van der Waals surface area contributed by atoms with Gasteiger partial charge in [0.15, 0.2) is 0 Å². The molecule has 0 spiro atoms. The van der Waals surface area contributed by atoms with Crippen LogP contribution in [-0.4, -0.2) is 38.8 Å². The Kier molecular flexibility index (Phi) is 6.35. The smallest absolute Gasteiger partial charge is 0.337 e. The van der Waals surface area contributed by atoms with Crippen molar-refractivity contribution in [1.29, 1.82) is 0 Å². The van der Waals surface area contributed by atoms with Crippen molar-refractivity contribution in [1.82, 2.24) is 9.88 Å². The molecule has 7 nitrogen and oxygen atoms in total. The van der Waals surface area contributed by atoms with Gasteiger partial charge in [0.1, 0.15) is 6.04 Å². The van der Waals surface area contributed by atoms with E-state index in [0.29, 0.717) is 27.5 Å². The number of hydrogen-bond acceptors (Lipinski definition) is 4. The number of benzene rings is 2. The van der Waals surface area contributed by atoms with E-state index in [4.69, 9.17) is 23.2 Å². The molecule has 0 fully saturated rings. The van der Waals surface area contributed by atoms with Crippen molar-refractivity contribution in [3.05, 3.63) is 93.2 Å². The number of halogens is 2. The SMILES string of the molecule is CC(c1ccc(C(=O)O)c(Cl)c1)N1C(=O)c2ccc(Cl)cc2NC(=O)C1Cc1ccccn1. The number of amides is 2. The fourth-order valence-corrected chi connectivity index (χ4v) is 4.35. The number of carbonyl (C=O) groups excluding carboxylic acids is 2. The summed E-state index contributed by atoms with van der Waals surface area (Å²) >= 11 is 12.3. The van der Waals surface area contributed by atoms with Crippen LogP contribution in [0.1, 0.15) is 44.9 Å². The number of pyridine rings is 1. The molecule has 2 unspecified atom stereocenters. The van der Waals surface area contributed by atoms with Gasteiger partial charge in [-0.25, -0.2) is 4.79 Å². The summed E-state index contributed by atoms with van der Waals surface area (Å²) in [5.41, 5.74) is 1.83. The van der Waals surface area contributed by atoms with Crippen molar-refractivity contribution in [2.24, 2.45) is 0 Å². The quantitative estimate of drug-likeness (QED) is 0.539. The number of rotatable bonds is 5. The lowest BCUT2D eigenvalue weighted by Gasteiger charge is -2.34. The topological polar surface area (TPSA) is 99.6 Å². The zero-order valence-corrected chi connectivity index (χ0v) is 19.0. The van der Waals surface area contributed by atoms with Gasteiger partial charge in [0, 0.05) is 23.3 Å². The van der Waals surface area contributed by atoms with E-state index < -0.39 is 18.1 Å². The van der Waals surface area contributed by atoms with E-state index in [0.717, 1.165) is 0 Å². The van der Waals surface area contributed by atoms with E-state index in [9.17, 15) is 19.5 Å². The highest BCUT2D eigenvalue weighted by molar-refractivity contribution is 6.33. The maximum atomic E-state index is 13.7. The predicted molar refractivity (Wildman–Crippen MR) is 125 cm³/mol. The summed E-state index contributed by atoms with van der Waals surface area (Å²) < 4.78 is 0. The first kappa shape index (κ1) is 22.8. The van der Waals surface area contributed by atoms with Crippen LogP contribution in [0.3, 0.4) is 0 Å². The number of anilines is 1. The zero-order valence-electron chi connectivity index (χ0n) is 17.5. The van der Waals surface area contributed by atoms with Gasteiger partial charge in [0.05, 0.1) is 27.9 Å². The molecule has 0 saturated carbocycles.